The third-order valence-electron chi connectivity index (χ3n) is 5.80. The van der Waals surface area contributed by atoms with E-state index in [2.05, 4.69) is 4.90 Å². The van der Waals surface area contributed by atoms with Gasteiger partial charge in [-0.05, 0) is 37.8 Å². The van der Waals surface area contributed by atoms with Crippen LogP contribution in [0.2, 0.25) is 0 Å². The first-order valence-corrected chi connectivity index (χ1v) is 8.87. The van der Waals surface area contributed by atoms with Crippen LogP contribution in [0.3, 0.4) is 0 Å². The van der Waals surface area contributed by atoms with E-state index < -0.39 is 0 Å². The van der Waals surface area contributed by atoms with Gasteiger partial charge in [0.25, 0.3) is 5.91 Å². The van der Waals surface area contributed by atoms with Crippen LogP contribution in [0.25, 0.3) is 0 Å². The standard InChI is InChI=1S/C18H24N2O4/c21-16-3-6-18(7-11-23-13-18)12-20(16)14-4-8-19(9-5-14)17(22)15-2-1-10-24-15/h1-2,10,14H,3-9,11-13H2/t18-/m1/s1. The lowest BCUT2D eigenvalue weighted by Gasteiger charge is -2.45. The molecular formula is C18H24N2O4. The minimum atomic E-state index is -0.0518. The fourth-order valence-corrected chi connectivity index (χ4v) is 4.29. The van der Waals surface area contributed by atoms with Gasteiger partial charge in [0.2, 0.25) is 5.91 Å². The molecule has 0 bridgehead atoms. The number of rotatable bonds is 2. The summed E-state index contributed by atoms with van der Waals surface area (Å²) in [7, 11) is 0. The Morgan fingerprint density at radius 2 is 2.08 bits per heavy atom. The monoisotopic (exact) mass is 332 g/mol. The van der Waals surface area contributed by atoms with Crippen LogP contribution < -0.4 is 0 Å². The lowest BCUT2D eigenvalue weighted by atomic mass is 9.78. The number of likely N-dealkylation sites (tertiary alicyclic amines) is 2. The third kappa shape index (κ3) is 2.83. The molecule has 3 saturated heterocycles. The fraction of sp³-hybridized carbons (Fsp3) is 0.667. The number of ether oxygens (including phenoxy) is 1. The van der Waals surface area contributed by atoms with Gasteiger partial charge in [-0.1, -0.05) is 0 Å². The van der Waals surface area contributed by atoms with Gasteiger partial charge in [-0.3, -0.25) is 9.59 Å². The highest BCUT2D eigenvalue weighted by Gasteiger charge is 2.44. The van der Waals surface area contributed by atoms with Crippen LogP contribution in [-0.2, 0) is 9.53 Å². The summed E-state index contributed by atoms with van der Waals surface area (Å²) in [5.74, 6) is 0.608. The first-order valence-electron chi connectivity index (χ1n) is 8.87. The SMILES string of the molecule is O=C(c1ccco1)N1CCC(N2C[C@]3(CCOC3)CCC2=O)CC1. The summed E-state index contributed by atoms with van der Waals surface area (Å²) in [6.45, 7) is 3.78. The van der Waals surface area contributed by atoms with Crippen molar-refractivity contribution in [2.75, 3.05) is 32.8 Å². The summed E-state index contributed by atoms with van der Waals surface area (Å²) in [5, 5.41) is 0. The normalized spacial score (nSPS) is 28.8. The minimum Gasteiger partial charge on any atom is -0.459 e. The predicted molar refractivity (Wildman–Crippen MR) is 86.4 cm³/mol. The van der Waals surface area contributed by atoms with E-state index in [-0.39, 0.29) is 23.3 Å². The summed E-state index contributed by atoms with van der Waals surface area (Å²) < 4.78 is 10.8. The van der Waals surface area contributed by atoms with Gasteiger partial charge in [0.1, 0.15) is 0 Å². The van der Waals surface area contributed by atoms with Crippen molar-refractivity contribution in [2.24, 2.45) is 5.41 Å². The van der Waals surface area contributed by atoms with Crippen molar-refractivity contribution in [1.29, 1.82) is 0 Å². The van der Waals surface area contributed by atoms with Crippen molar-refractivity contribution in [3.8, 4) is 0 Å². The molecule has 0 unspecified atom stereocenters. The van der Waals surface area contributed by atoms with E-state index in [9.17, 15) is 9.59 Å². The van der Waals surface area contributed by atoms with Gasteiger partial charge in [-0.25, -0.2) is 0 Å². The van der Waals surface area contributed by atoms with Gasteiger partial charge < -0.3 is 19.0 Å². The van der Waals surface area contributed by atoms with Crippen molar-refractivity contribution in [3.05, 3.63) is 24.2 Å². The molecule has 24 heavy (non-hydrogen) atoms. The predicted octanol–water partition coefficient (Wildman–Crippen LogP) is 1.91. The molecule has 1 aromatic rings. The Kier molecular flexibility index (Phi) is 4.08. The Bertz CT molecular complexity index is 599. The molecule has 6 nitrogen and oxygen atoms in total. The molecule has 1 spiro atoms. The Labute approximate surface area is 141 Å². The first kappa shape index (κ1) is 15.7. The number of piperidine rings is 2. The number of furan rings is 1. The molecule has 3 fully saturated rings. The van der Waals surface area contributed by atoms with Crippen LogP contribution in [0.5, 0.6) is 0 Å². The number of hydrogen-bond donors (Lipinski definition) is 0. The number of nitrogens with zero attached hydrogens (tertiary/aromatic N) is 2. The van der Waals surface area contributed by atoms with E-state index in [1.807, 2.05) is 4.90 Å². The second kappa shape index (κ2) is 6.24. The van der Waals surface area contributed by atoms with E-state index in [0.29, 0.717) is 25.3 Å². The van der Waals surface area contributed by atoms with Crippen molar-refractivity contribution in [1.82, 2.24) is 9.80 Å². The molecule has 0 radical (unpaired) electrons. The summed E-state index contributed by atoms with van der Waals surface area (Å²) in [4.78, 5) is 28.7. The zero-order valence-electron chi connectivity index (χ0n) is 13.9. The van der Waals surface area contributed by atoms with Gasteiger partial charge in [-0.15, -0.1) is 0 Å². The van der Waals surface area contributed by atoms with E-state index in [1.165, 1.54) is 6.26 Å². The van der Waals surface area contributed by atoms with Crippen LogP contribution in [-0.4, -0.2) is 60.5 Å². The average Bonchev–Trinajstić information content (AvgIpc) is 3.29. The average molecular weight is 332 g/mol. The maximum Gasteiger partial charge on any atom is 0.289 e. The number of amides is 2. The van der Waals surface area contributed by atoms with E-state index in [0.717, 1.165) is 45.4 Å². The molecule has 3 aliphatic rings. The van der Waals surface area contributed by atoms with Crippen molar-refractivity contribution >= 4 is 11.8 Å². The molecule has 1 atom stereocenters. The molecule has 0 aromatic carbocycles. The molecule has 3 aliphatic heterocycles. The zero-order chi connectivity index (χ0) is 16.6. The zero-order valence-corrected chi connectivity index (χ0v) is 13.9. The molecule has 4 rings (SSSR count). The summed E-state index contributed by atoms with van der Waals surface area (Å²) in [5.41, 5.74) is 0.176. The molecule has 0 saturated carbocycles. The molecule has 0 N–H and O–H groups in total. The van der Waals surface area contributed by atoms with Crippen molar-refractivity contribution in [2.45, 2.75) is 38.1 Å². The van der Waals surface area contributed by atoms with Gasteiger partial charge >= 0.3 is 0 Å². The van der Waals surface area contributed by atoms with Crippen molar-refractivity contribution in [3.63, 3.8) is 0 Å². The third-order valence-corrected chi connectivity index (χ3v) is 5.80. The Morgan fingerprint density at radius 1 is 1.25 bits per heavy atom. The second-order valence-electron chi connectivity index (χ2n) is 7.32. The van der Waals surface area contributed by atoms with Crippen LogP contribution in [0.15, 0.2) is 22.8 Å². The summed E-state index contributed by atoms with van der Waals surface area (Å²) >= 11 is 0. The van der Waals surface area contributed by atoms with Crippen LogP contribution in [0.4, 0.5) is 0 Å². The van der Waals surface area contributed by atoms with E-state index >= 15 is 0 Å². The first-order chi connectivity index (χ1) is 11.7. The second-order valence-corrected chi connectivity index (χ2v) is 7.32. The van der Waals surface area contributed by atoms with Gasteiger partial charge in [0.15, 0.2) is 5.76 Å². The van der Waals surface area contributed by atoms with Gasteiger partial charge in [0.05, 0.1) is 12.9 Å². The van der Waals surface area contributed by atoms with E-state index in [1.54, 1.807) is 12.1 Å². The fourth-order valence-electron chi connectivity index (χ4n) is 4.29. The Balaban J connectivity index is 1.38. The lowest BCUT2D eigenvalue weighted by Crippen LogP contribution is -2.54. The van der Waals surface area contributed by atoms with E-state index in [4.69, 9.17) is 9.15 Å². The molecule has 2 amide bonds. The Morgan fingerprint density at radius 3 is 2.75 bits per heavy atom. The Hall–Kier alpha value is -1.82. The van der Waals surface area contributed by atoms with Crippen molar-refractivity contribution < 1.29 is 18.7 Å². The highest BCUT2D eigenvalue weighted by Crippen LogP contribution is 2.39. The lowest BCUT2D eigenvalue weighted by molar-refractivity contribution is -0.141. The molecule has 1 aromatic heterocycles. The number of carbonyl (C=O) groups excluding carboxylic acids is 2. The van der Waals surface area contributed by atoms with Crippen LogP contribution in [0.1, 0.15) is 42.7 Å². The van der Waals surface area contributed by atoms with Gasteiger partial charge in [-0.2, -0.15) is 0 Å². The van der Waals surface area contributed by atoms with Gasteiger partial charge in [0, 0.05) is 44.1 Å². The molecule has 6 heteroatoms. The number of carbonyl (C=O) groups is 2. The summed E-state index contributed by atoms with van der Waals surface area (Å²) in [6, 6.07) is 3.68. The largest absolute Gasteiger partial charge is 0.459 e. The minimum absolute atomic E-state index is 0.0518. The number of hydrogen-bond acceptors (Lipinski definition) is 4. The van der Waals surface area contributed by atoms with Crippen LogP contribution in [0, 0.1) is 5.41 Å². The molecular weight excluding hydrogens is 308 g/mol. The maximum absolute atomic E-state index is 12.4. The highest BCUT2D eigenvalue weighted by molar-refractivity contribution is 5.91. The summed E-state index contributed by atoms with van der Waals surface area (Å²) in [6.07, 6.45) is 5.86. The maximum atomic E-state index is 12.4. The molecule has 4 heterocycles. The highest BCUT2D eigenvalue weighted by atomic mass is 16.5. The van der Waals surface area contributed by atoms with Crippen LogP contribution >= 0.6 is 0 Å². The topological polar surface area (TPSA) is 63.0 Å². The quantitative estimate of drug-likeness (QED) is 0.830. The molecule has 0 aliphatic carbocycles. The smallest absolute Gasteiger partial charge is 0.289 e. The molecule has 130 valence electrons.